The minimum absolute atomic E-state index is 0.0420. The minimum Gasteiger partial charge on any atom is -0.350 e. The Labute approximate surface area is 158 Å². The standard InChI is InChI=1S/C21H23N3O3/c1-15(7-8-16-5-3-2-4-6-16)22-21(27)17-9-11-18(12-10-17)24-20(26)14-13-19(25)23-24/h2-6,9-12,15H,7-8,13-14H2,1H3,(H,22,27)(H,23,25)/t15-/m0/s1. The Hall–Kier alpha value is -3.15. The Balaban J connectivity index is 1.55. The summed E-state index contributed by atoms with van der Waals surface area (Å²) in [5, 5.41) is 4.22. The van der Waals surface area contributed by atoms with E-state index < -0.39 is 0 Å². The average molecular weight is 365 g/mol. The van der Waals surface area contributed by atoms with Gasteiger partial charge in [0.2, 0.25) is 11.8 Å². The van der Waals surface area contributed by atoms with Gasteiger partial charge in [-0.1, -0.05) is 30.3 Å². The molecule has 1 aliphatic rings. The Morgan fingerprint density at radius 2 is 1.78 bits per heavy atom. The zero-order valence-electron chi connectivity index (χ0n) is 15.3. The third-order valence-electron chi connectivity index (χ3n) is 4.53. The molecule has 2 N–H and O–H groups in total. The lowest BCUT2D eigenvalue weighted by Gasteiger charge is -2.27. The highest BCUT2D eigenvalue weighted by atomic mass is 16.2. The monoisotopic (exact) mass is 365 g/mol. The van der Waals surface area contributed by atoms with Gasteiger partial charge in [-0.2, -0.15) is 0 Å². The molecule has 0 unspecified atom stereocenters. The first kappa shape index (κ1) is 18.6. The summed E-state index contributed by atoms with van der Waals surface area (Å²) in [6, 6.07) is 16.8. The van der Waals surface area contributed by atoms with Crippen molar-refractivity contribution < 1.29 is 14.4 Å². The van der Waals surface area contributed by atoms with E-state index in [2.05, 4.69) is 22.9 Å². The van der Waals surface area contributed by atoms with E-state index in [9.17, 15) is 14.4 Å². The lowest BCUT2D eigenvalue weighted by atomic mass is 10.1. The second-order valence-electron chi connectivity index (χ2n) is 6.71. The Kier molecular flexibility index (Phi) is 5.86. The Bertz CT molecular complexity index is 818. The van der Waals surface area contributed by atoms with Crippen LogP contribution in [0.1, 0.15) is 42.1 Å². The molecular weight excluding hydrogens is 342 g/mol. The molecule has 1 saturated heterocycles. The van der Waals surface area contributed by atoms with Gasteiger partial charge in [-0.05, 0) is 49.6 Å². The van der Waals surface area contributed by atoms with Gasteiger partial charge in [0.05, 0.1) is 5.69 Å². The van der Waals surface area contributed by atoms with Crippen molar-refractivity contribution in [2.24, 2.45) is 0 Å². The zero-order chi connectivity index (χ0) is 19.2. The normalized spacial score (nSPS) is 15.2. The van der Waals surface area contributed by atoms with Crippen molar-refractivity contribution >= 4 is 23.4 Å². The molecule has 27 heavy (non-hydrogen) atoms. The quantitative estimate of drug-likeness (QED) is 0.826. The number of benzene rings is 2. The molecule has 140 valence electrons. The molecule has 3 amide bonds. The van der Waals surface area contributed by atoms with E-state index in [1.807, 2.05) is 25.1 Å². The Morgan fingerprint density at radius 1 is 1.07 bits per heavy atom. The average Bonchev–Trinajstić information content (AvgIpc) is 2.69. The highest BCUT2D eigenvalue weighted by Crippen LogP contribution is 2.18. The molecule has 2 aromatic rings. The molecule has 0 aromatic heterocycles. The van der Waals surface area contributed by atoms with E-state index in [0.717, 1.165) is 12.8 Å². The number of hydrazine groups is 1. The maximum absolute atomic E-state index is 12.4. The summed E-state index contributed by atoms with van der Waals surface area (Å²) >= 11 is 0. The van der Waals surface area contributed by atoms with Crippen LogP contribution in [0.15, 0.2) is 54.6 Å². The summed E-state index contributed by atoms with van der Waals surface area (Å²) in [7, 11) is 0. The summed E-state index contributed by atoms with van der Waals surface area (Å²) in [4.78, 5) is 35.8. The molecule has 0 aliphatic carbocycles. The second-order valence-corrected chi connectivity index (χ2v) is 6.71. The molecule has 0 saturated carbocycles. The lowest BCUT2D eigenvalue weighted by molar-refractivity contribution is -0.130. The van der Waals surface area contributed by atoms with Crippen molar-refractivity contribution in [3.05, 3.63) is 65.7 Å². The van der Waals surface area contributed by atoms with Gasteiger partial charge in [-0.15, -0.1) is 0 Å². The van der Waals surface area contributed by atoms with Gasteiger partial charge in [0.1, 0.15) is 0 Å². The van der Waals surface area contributed by atoms with Gasteiger partial charge in [-0.3, -0.25) is 19.8 Å². The number of amides is 3. The summed E-state index contributed by atoms with van der Waals surface area (Å²) in [6.07, 6.45) is 2.14. The van der Waals surface area contributed by atoms with Crippen LogP contribution in [0.3, 0.4) is 0 Å². The summed E-state index contributed by atoms with van der Waals surface area (Å²) < 4.78 is 0. The molecular formula is C21H23N3O3. The van der Waals surface area contributed by atoms with Crippen LogP contribution in [0.25, 0.3) is 0 Å². The predicted molar refractivity (Wildman–Crippen MR) is 103 cm³/mol. The van der Waals surface area contributed by atoms with Crippen molar-refractivity contribution in [3.8, 4) is 0 Å². The molecule has 0 spiro atoms. The highest BCUT2D eigenvalue weighted by molar-refractivity contribution is 6.01. The topological polar surface area (TPSA) is 78.5 Å². The third kappa shape index (κ3) is 4.94. The van der Waals surface area contributed by atoms with Gasteiger partial charge in [0.25, 0.3) is 5.91 Å². The maximum atomic E-state index is 12.4. The number of anilines is 1. The molecule has 1 fully saturated rings. The summed E-state index contributed by atoms with van der Waals surface area (Å²) in [5.74, 6) is -0.513. The van der Waals surface area contributed by atoms with E-state index in [1.165, 1.54) is 10.6 Å². The SMILES string of the molecule is C[C@@H](CCc1ccccc1)NC(=O)c1ccc(N2NC(=O)CCC2=O)cc1. The molecule has 2 aromatic carbocycles. The van der Waals surface area contributed by atoms with Crippen LogP contribution in [0.5, 0.6) is 0 Å². The van der Waals surface area contributed by atoms with E-state index in [-0.39, 0.29) is 36.6 Å². The van der Waals surface area contributed by atoms with Crippen LogP contribution < -0.4 is 15.8 Å². The molecule has 1 aliphatic heterocycles. The lowest BCUT2D eigenvalue weighted by Crippen LogP contribution is -2.50. The van der Waals surface area contributed by atoms with E-state index in [0.29, 0.717) is 11.3 Å². The van der Waals surface area contributed by atoms with Gasteiger partial charge >= 0.3 is 0 Å². The van der Waals surface area contributed by atoms with E-state index in [1.54, 1.807) is 24.3 Å². The van der Waals surface area contributed by atoms with Gasteiger partial charge in [0, 0.05) is 24.4 Å². The molecule has 1 heterocycles. The van der Waals surface area contributed by atoms with Crippen molar-refractivity contribution in [2.75, 3.05) is 5.01 Å². The fourth-order valence-electron chi connectivity index (χ4n) is 2.95. The largest absolute Gasteiger partial charge is 0.350 e. The van der Waals surface area contributed by atoms with Crippen LogP contribution in [0.4, 0.5) is 5.69 Å². The van der Waals surface area contributed by atoms with E-state index >= 15 is 0 Å². The van der Waals surface area contributed by atoms with Gasteiger partial charge in [0.15, 0.2) is 0 Å². The van der Waals surface area contributed by atoms with Gasteiger partial charge in [-0.25, -0.2) is 5.01 Å². The van der Waals surface area contributed by atoms with Crippen LogP contribution in [0.2, 0.25) is 0 Å². The summed E-state index contributed by atoms with van der Waals surface area (Å²) in [6.45, 7) is 1.98. The number of carbonyl (C=O) groups is 3. The molecule has 6 heteroatoms. The van der Waals surface area contributed by atoms with Crippen LogP contribution in [-0.2, 0) is 16.0 Å². The molecule has 0 bridgehead atoms. The van der Waals surface area contributed by atoms with E-state index in [4.69, 9.17) is 0 Å². The first-order valence-electron chi connectivity index (χ1n) is 9.10. The minimum atomic E-state index is -0.191. The first-order chi connectivity index (χ1) is 13.0. The number of hydrogen-bond acceptors (Lipinski definition) is 3. The highest BCUT2D eigenvalue weighted by Gasteiger charge is 2.24. The second kappa shape index (κ2) is 8.49. The van der Waals surface area contributed by atoms with Crippen LogP contribution >= 0.6 is 0 Å². The summed E-state index contributed by atoms with van der Waals surface area (Å²) in [5.41, 5.74) is 4.84. The number of nitrogens with one attached hydrogen (secondary N) is 2. The number of aryl methyl sites for hydroxylation is 1. The van der Waals surface area contributed by atoms with Crippen LogP contribution in [0, 0.1) is 0 Å². The van der Waals surface area contributed by atoms with Crippen molar-refractivity contribution in [1.29, 1.82) is 0 Å². The predicted octanol–water partition coefficient (Wildman–Crippen LogP) is 2.60. The molecule has 3 rings (SSSR count). The molecule has 1 atom stereocenters. The Morgan fingerprint density at radius 3 is 2.48 bits per heavy atom. The number of hydrogen-bond donors (Lipinski definition) is 2. The fourth-order valence-corrected chi connectivity index (χ4v) is 2.95. The number of nitrogens with zero attached hydrogens (tertiary/aromatic N) is 1. The number of rotatable bonds is 6. The molecule has 0 radical (unpaired) electrons. The zero-order valence-corrected chi connectivity index (χ0v) is 15.3. The fraction of sp³-hybridized carbons (Fsp3) is 0.286. The van der Waals surface area contributed by atoms with Gasteiger partial charge < -0.3 is 5.32 Å². The van der Waals surface area contributed by atoms with Crippen molar-refractivity contribution in [3.63, 3.8) is 0 Å². The molecule has 6 nitrogen and oxygen atoms in total. The smallest absolute Gasteiger partial charge is 0.251 e. The maximum Gasteiger partial charge on any atom is 0.251 e. The van der Waals surface area contributed by atoms with Crippen LogP contribution in [-0.4, -0.2) is 23.8 Å². The first-order valence-corrected chi connectivity index (χ1v) is 9.10. The van der Waals surface area contributed by atoms with Crippen molar-refractivity contribution in [2.45, 2.75) is 38.6 Å². The number of carbonyl (C=O) groups excluding carboxylic acids is 3. The third-order valence-corrected chi connectivity index (χ3v) is 4.53. The van der Waals surface area contributed by atoms with Crippen molar-refractivity contribution in [1.82, 2.24) is 10.7 Å².